The number of thioether (sulfide) groups is 1. The summed E-state index contributed by atoms with van der Waals surface area (Å²) in [6.07, 6.45) is 0. The van der Waals surface area contributed by atoms with Gasteiger partial charge in [-0.15, -0.1) is 23.1 Å². The third-order valence-corrected chi connectivity index (χ3v) is 6.48. The maximum atomic E-state index is 12.4. The van der Waals surface area contributed by atoms with E-state index < -0.39 is 5.97 Å². The van der Waals surface area contributed by atoms with Crippen molar-refractivity contribution >= 4 is 40.7 Å². The topological polar surface area (TPSA) is 86.8 Å². The number of amides is 1. The standard InChI is InChI=1S/C22H20N2O5S2/c1-3-28-17-6-4-13(9-18(17)27-2)21-23-15(11-31-21)10-29-22(26)14-5-7-19-16(8-14)24-20(25)12-30-19/h4-9,11H,3,10,12H2,1-2H3,(H,24,25). The number of methoxy groups -OCH3 is 1. The van der Waals surface area contributed by atoms with E-state index in [9.17, 15) is 9.59 Å². The monoisotopic (exact) mass is 456 g/mol. The Morgan fingerprint density at radius 3 is 2.87 bits per heavy atom. The van der Waals surface area contributed by atoms with Gasteiger partial charge < -0.3 is 19.5 Å². The molecule has 0 radical (unpaired) electrons. The Kier molecular flexibility index (Phi) is 6.43. The van der Waals surface area contributed by atoms with Crippen molar-refractivity contribution < 1.29 is 23.8 Å². The summed E-state index contributed by atoms with van der Waals surface area (Å²) < 4.78 is 16.4. The molecule has 1 aliphatic rings. The SMILES string of the molecule is CCOc1ccc(-c2nc(COC(=O)c3ccc4c(c3)NC(=O)CS4)cs2)cc1OC. The Labute approximate surface area is 187 Å². The van der Waals surface area contributed by atoms with Crippen LogP contribution in [0.1, 0.15) is 23.0 Å². The number of hydrogen-bond acceptors (Lipinski definition) is 8. The van der Waals surface area contributed by atoms with Gasteiger partial charge in [0, 0.05) is 15.8 Å². The summed E-state index contributed by atoms with van der Waals surface area (Å²) in [5.41, 5.74) is 2.57. The molecule has 2 aromatic carbocycles. The van der Waals surface area contributed by atoms with Crippen LogP contribution in [0.15, 0.2) is 46.7 Å². The van der Waals surface area contributed by atoms with Crippen molar-refractivity contribution in [2.24, 2.45) is 0 Å². The van der Waals surface area contributed by atoms with E-state index in [4.69, 9.17) is 14.2 Å². The number of thiazole rings is 1. The molecule has 3 aromatic rings. The highest BCUT2D eigenvalue weighted by Crippen LogP contribution is 2.34. The molecule has 0 atom stereocenters. The van der Waals surface area contributed by atoms with Crippen LogP contribution in [0.3, 0.4) is 0 Å². The Balaban J connectivity index is 1.42. The number of nitrogens with zero attached hydrogens (tertiary/aromatic N) is 1. The molecular formula is C22H20N2O5S2. The molecule has 1 aromatic heterocycles. The minimum absolute atomic E-state index is 0.0572. The molecule has 160 valence electrons. The average Bonchev–Trinajstić information content (AvgIpc) is 3.26. The van der Waals surface area contributed by atoms with Gasteiger partial charge in [0.15, 0.2) is 11.5 Å². The lowest BCUT2D eigenvalue weighted by molar-refractivity contribution is -0.113. The van der Waals surface area contributed by atoms with E-state index in [0.29, 0.717) is 40.8 Å². The highest BCUT2D eigenvalue weighted by molar-refractivity contribution is 8.00. The molecule has 0 unspecified atom stereocenters. The van der Waals surface area contributed by atoms with Crippen LogP contribution in [0.25, 0.3) is 10.6 Å². The molecule has 1 N–H and O–H groups in total. The molecule has 0 bridgehead atoms. The summed E-state index contributed by atoms with van der Waals surface area (Å²) in [5.74, 6) is 1.15. The lowest BCUT2D eigenvalue weighted by atomic mass is 10.2. The molecule has 9 heteroatoms. The van der Waals surface area contributed by atoms with Gasteiger partial charge in [-0.2, -0.15) is 0 Å². The minimum atomic E-state index is -0.468. The van der Waals surface area contributed by atoms with E-state index in [0.717, 1.165) is 15.5 Å². The lowest BCUT2D eigenvalue weighted by Crippen LogP contribution is -2.19. The van der Waals surface area contributed by atoms with Crippen molar-refractivity contribution in [3.8, 4) is 22.1 Å². The second-order valence-corrected chi connectivity index (χ2v) is 8.44. The molecule has 0 spiro atoms. The van der Waals surface area contributed by atoms with Crippen molar-refractivity contribution in [1.82, 2.24) is 4.98 Å². The van der Waals surface area contributed by atoms with E-state index in [-0.39, 0.29) is 12.5 Å². The van der Waals surface area contributed by atoms with E-state index in [1.807, 2.05) is 36.6 Å². The summed E-state index contributed by atoms with van der Waals surface area (Å²) >= 11 is 2.90. The molecule has 0 aliphatic carbocycles. The highest BCUT2D eigenvalue weighted by atomic mass is 32.2. The number of rotatable bonds is 7. The Bertz CT molecular complexity index is 1130. The van der Waals surface area contributed by atoms with E-state index in [1.54, 1.807) is 19.2 Å². The predicted octanol–water partition coefficient (Wildman–Crippen LogP) is 4.62. The first-order chi connectivity index (χ1) is 15.1. The van der Waals surface area contributed by atoms with E-state index in [2.05, 4.69) is 10.3 Å². The number of carbonyl (C=O) groups is 2. The third-order valence-electron chi connectivity index (χ3n) is 4.46. The lowest BCUT2D eigenvalue weighted by Gasteiger charge is -2.16. The molecule has 1 amide bonds. The fourth-order valence-electron chi connectivity index (χ4n) is 3.01. The Morgan fingerprint density at radius 2 is 2.06 bits per heavy atom. The minimum Gasteiger partial charge on any atom is -0.493 e. The first kappa shape index (κ1) is 21.2. The van der Waals surface area contributed by atoms with E-state index >= 15 is 0 Å². The molecule has 0 saturated heterocycles. The van der Waals surface area contributed by atoms with Gasteiger partial charge in [-0.05, 0) is 43.3 Å². The number of ether oxygens (including phenoxy) is 3. The third kappa shape index (κ3) is 4.83. The zero-order chi connectivity index (χ0) is 21.8. The number of anilines is 1. The number of benzene rings is 2. The Morgan fingerprint density at radius 1 is 1.19 bits per heavy atom. The van der Waals surface area contributed by atoms with Crippen LogP contribution >= 0.6 is 23.1 Å². The first-order valence-corrected chi connectivity index (χ1v) is 11.4. The maximum Gasteiger partial charge on any atom is 0.338 e. The van der Waals surface area contributed by atoms with Crippen LogP contribution < -0.4 is 14.8 Å². The van der Waals surface area contributed by atoms with Crippen LogP contribution in [-0.4, -0.2) is 36.3 Å². The van der Waals surface area contributed by atoms with Gasteiger partial charge in [0.25, 0.3) is 0 Å². The largest absolute Gasteiger partial charge is 0.493 e. The fourth-order valence-corrected chi connectivity index (χ4v) is 4.60. The summed E-state index contributed by atoms with van der Waals surface area (Å²) in [6.45, 7) is 2.53. The number of esters is 1. The van der Waals surface area contributed by atoms with Crippen molar-refractivity contribution in [3.63, 3.8) is 0 Å². The van der Waals surface area contributed by atoms with Crippen LogP contribution in [0.4, 0.5) is 5.69 Å². The van der Waals surface area contributed by atoms with Gasteiger partial charge in [0.2, 0.25) is 5.91 Å². The summed E-state index contributed by atoms with van der Waals surface area (Å²) in [7, 11) is 1.60. The van der Waals surface area contributed by atoms with Crippen molar-refractivity contribution in [2.45, 2.75) is 18.4 Å². The molecule has 2 heterocycles. The second-order valence-electron chi connectivity index (χ2n) is 6.57. The van der Waals surface area contributed by atoms with Gasteiger partial charge in [0.05, 0.1) is 36.4 Å². The molecular weight excluding hydrogens is 436 g/mol. The molecule has 1 aliphatic heterocycles. The van der Waals surface area contributed by atoms with Crippen molar-refractivity contribution in [2.75, 3.05) is 24.8 Å². The number of hydrogen-bond donors (Lipinski definition) is 1. The summed E-state index contributed by atoms with van der Waals surface area (Å²) in [6, 6.07) is 10.8. The smallest absolute Gasteiger partial charge is 0.338 e. The van der Waals surface area contributed by atoms with Crippen molar-refractivity contribution in [3.05, 3.63) is 53.0 Å². The maximum absolute atomic E-state index is 12.4. The summed E-state index contributed by atoms with van der Waals surface area (Å²) in [4.78, 5) is 29.5. The molecule has 0 fully saturated rings. The highest BCUT2D eigenvalue weighted by Gasteiger charge is 2.18. The van der Waals surface area contributed by atoms with E-state index in [1.165, 1.54) is 23.1 Å². The van der Waals surface area contributed by atoms with Crippen LogP contribution in [0.2, 0.25) is 0 Å². The first-order valence-electron chi connectivity index (χ1n) is 9.57. The zero-order valence-corrected chi connectivity index (χ0v) is 18.6. The van der Waals surface area contributed by atoms with Gasteiger partial charge in [0.1, 0.15) is 11.6 Å². The van der Waals surface area contributed by atoms with Crippen LogP contribution in [0, 0.1) is 0 Å². The van der Waals surface area contributed by atoms with Crippen molar-refractivity contribution in [1.29, 1.82) is 0 Å². The molecule has 0 saturated carbocycles. The van der Waals surface area contributed by atoms with Crippen LogP contribution in [0.5, 0.6) is 11.5 Å². The Hall–Kier alpha value is -3.04. The van der Waals surface area contributed by atoms with Gasteiger partial charge in [-0.1, -0.05) is 0 Å². The fraction of sp³-hybridized carbons (Fsp3) is 0.227. The number of aromatic nitrogens is 1. The second kappa shape index (κ2) is 9.40. The molecule has 4 rings (SSSR count). The van der Waals surface area contributed by atoms with Gasteiger partial charge in [-0.3, -0.25) is 4.79 Å². The number of nitrogens with one attached hydrogen (secondary N) is 1. The molecule has 31 heavy (non-hydrogen) atoms. The zero-order valence-electron chi connectivity index (χ0n) is 17.0. The molecule has 7 nitrogen and oxygen atoms in total. The van der Waals surface area contributed by atoms with Gasteiger partial charge >= 0.3 is 5.97 Å². The normalized spacial score (nSPS) is 12.6. The summed E-state index contributed by atoms with van der Waals surface area (Å²) in [5, 5.41) is 5.42. The quantitative estimate of drug-likeness (QED) is 0.519. The van der Waals surface area contributed by atoms with Crippen LogP contribution in [-0.2, 0) is 16.1 Å². The predicted molar refractivity (Wildman–Crippen MR) is 120 cm³/mol. The van der Waals surface area contributed by atoms with Gasteiger partial charge in [-0.25, -0.2) is 9.78 Å². The number of carbonyl (C=O) groups excluding carboxylic acids is 2. The average molecular weight is 457 g/mol. The number of fused-ring (bicyclic) bond motifs is 1.